The van der Waals surface area contributed by atoms with E-state index in [0.29, 0.717) is 17.6 Å². The molecular weight excluding hydrogens is 308 g/mol. The van der Waals surface area contributed by atoms with Gasteiger partial charge in [0.1, 0.15) is 0 Å². The van der Waals surface area contributed by atoms with E-state index >= 15 is 0 Å². The molecule has 2 aromatic rings. The van der Waals surface area contributed by atoms with Crippen LogP contribution in [0.4, 0.5) is 5.69 Å². The average Bonchev–Trinajstić information content (AvgIpc) is 3.25. The molecule has 2 heterocycles. The van der Waals surface area contributed by atoms with Crippen LogP contribution >= 0.6 is 0 Å². The number of aryl methyl sites for hydroxylation is 1. The molecule has 3 rings (SSSR count). The summed E-state index contributed by atoms with van der Waals surface area (Å²) in [5, 5.41) is 4.73. The molecule has 1 aliphatic carbocycles. The number of hydrazine groups is 1. The lowest BCUT2D eigenvalue weighted by Gasteiger charge is -2.08. The fraction of sp³-hybridized carbons (Fsp3) is 0.500. The second-order valence-corrected chi connectivity index (χ2v) is 5.69. The number of carbonyl (C=O) groups is 2. The fourth-order valence-corrected chi connectivity index (χ4v) is 2.55. The standard InChI is InChI=1S/C11H14N6O2.C5H10/c1-3-17-10-7(5-14-17)9(12)8(4-13-10)11(19)16-15-6(2)18;1-2-4-5-3-1/h4-5H,3H2,1-2H3,(H2,12,13)(H,15,18)(H,16,19);1-5H2. The summed E-state index contributed by atoms with van der Waals surface area (Å²) in [6, 6.07) is 0. The third kappa shape index (κ3) is 4.21. The minimum atomic E-state index is -0.522. The summed E-state index contributed by atoms with van der Waals surface area (Å²) < 4.78 is 1.68. The topological polar surface area (TPSA) is 115 Å². The quantitative estimate of drug-likeness (QED) is 0.725. The molecule has 130 valence electrons. The summed E-state index contributed by atoms with van der Waals surface area (Å²) >= 11 is 0. The zero-order valence-electron chi connectivity index (χ0n) is 14.1. The SMILES string of the molecule is C1CCCC1.CCn1ncc2c(N)c(C(=O)NNC(C)=O)cnc21. The number of aromatic nitrogens is 3. The molecule has 0 saturated heterocycles. The third-order valence-corrected chi connectivity index (χ3v) is 3.85. The van der Waals surface area contributed by atoms with Gasteiger partial charge < -0.3 is 5.73 Å². The first-order valence-corrected chi connectivity index (χ1v) is 8.21. The maximum atomic E-state index is 11.8. The minimum absolute atomic E-state index is 0.192. The Hall–Kier alpha value is -2.64. The van der Waals surface area contributed by atoms with Crippen LogP contribution < -0.4 is 16.6 Å². The predicted molar refractivity (Wildman–Crippen MR) is 92.0 cm³/mol. The number of nitrogens with zero attached hydrogens (tertiary/aromatic N) is 3. The molecule has 4 N–H and O–H groups in total. The lowest BCUT2D eigenvalue weighted by Crippen LogP contribution is -2.40. The molecule has 2 amide bonds. The molecule has 0 aromatic carbocycles. The number of rotatable bonds is 2. The number of nitrogens with one attached hydrogen (secondary N) is 2. The monoisotopic (exact) mass is 332 g/mol. The van der Waals surface area contributed by atoms with Crippen LogP contribution in [0.3, 0.4) is 0 Å². The molecule has 8 heteroatoms. The number of fused-ring (bicyclic) bond motifs is 1. The summed E-state index contributed by atoms with van der Waals surface area (Å²) in [5.74, 6) is -0.897. The molecule has 0 unspecified atom stereocenters. The normalized spacial score (nSPS) is 13.2. The lowest BCUT2D eigenvalue weighted by atomic mass is 10.2. The van der Waals surface area contributed by atoms with Crippen LogP contribution in [-0.4, -0.2) is 26.6 Å². The fourth-order valence-electron chi connectivity index (χ4n) is 2.55. The second kappa shape index (κ2) is 8.28. The minimum Gasteiger partial charge on any atom is -0.397 e. The van der Waals surface area contributed by atoms with Crippen molar-refractivity contribution in [3.63, 3.8) is 0 Å². The first-order chi connectivity index (χ1) is 11.5. The van der Waals surface area contributed by atoms with Gasteiger partial charge in [0.25, 0.3) is 5.91 Å². The Bertz CT molecular complexity index is 713. The zero-order valence-corrected chi connectivity index (χ0v) is 14.1. The van der Waals surface area contributed by atoms with Crippen LogP contribution in [0.15, 0.2) is 12.4 Å². The van der Waals surface area contributed by atoms with Crippen molar-refractivity contribution in [2.75, 3.05) is 5.73 Å². The number of nitrogen functional groups attached to an aromatic ring is 1. The summed E-state index contributed by atoms with van der Waals surface area (Å²) in [7, 11) is 0. The highest BCUT2D eigenvalue weighted by Gasteiger charge is 2.15. The number of anilines is 1. The molecule has 2 aromatic heterocycles. The van der Waals surface area contributed by atoms with Gasteiger partial charge in [-0.15, -0.1) is 0 Å². The van der Waals surface area contributed by atoms with Crippen LogP contribution in [0.2, 0.25) is 0 Å². The summed E-state index contributed by atoms with van der Waals surface area (Å²) in [6.07, 6.45) is 10.4. The average molecular weight is 332 g/mol. The van der Waals surface area contributed by atoms with Gasteiger partial charge in [0.2, 0.25) is 5.91 Å². The van der Waals surface area contributed by atoms with E-state index in [1.54, 1.807) is 10.9 Å². The van der Waals surface area contributed by atoms with E-state index in [4.69, 9.17) is 5.73 Å². The first-order valence-electron chi connectivity index (χ1n) is 8.21. The van der Waals surface area contributed by atoms with Gasteiger partial charge in [-0.05, 0) is 6.92 Å². The molecule has 1 saturated carbocycles. The van der Waals surface area contributed by atoms with Gasteiger partial charge in [-0.1, -0.05) is 32.1 Å². The van der Waals surface area contributed by atoms with E-state index < -0.39 is 5.91 Å². The van der Waals surface area contributed by atoms with E-state index in [0.717, 1.165) is 0 Å². The van der Waals surface area contributed by atoms with Crippen LogP contribution in [0.1, 0.15) is 56.3 Å². The van der Waals surface area contributed by atoms with Gasteiger partial charge in [-0.2, -0.15) is 5.10 Å². The maximum Gasteiger partial charge on any atom is 0.273 e. The molecule has 1 fully saturated rings. The first kappa shape index (κ1) is 17.7. The van der Waals surface area contributed by atoms with E-state index in [-0.39, 0.29) is 17.2 Å². The van der Waals surface area contributed by atoms with E-state index in [9.17, 15) is 9.59 Å². The van der Waals surface area contributed by atoms with Crippen molar-refractivity contribution in [1.82, 2.24) is 25.6 Å². The molecule has 0 bridgehead atoms. The van der Waals surface area contributed by atoms with Gasteiger partial charge in [-0.3, -0.25) is 20.4 Å². The summed E-state index contributed by atoms with van der Waals surface area (Å²) in [5.41, 5.74) is 11.5. The highest BCUT2D eigenvalue weighted by atomic mass is 16.2. The van der Waals surface area contributed by atoms with Crippen molar-refractivity contribution in [3.05, 3.63) is 18.0 Å². The van der Waals surface area contributed by atoms with Gasteiger partial charge >= 0.3 is 0 Å². The number of nitrogens with two attached hydrogens (primary N) is 1. The number of pyridine rings is 1. The lowest BCUT2D eigenvalue weighted by molar-refractivity contribution is -0.119. The van der Waals surface area contributed by atoms with Crippen LogP contribution in [0, 0.1) is 0 Å². The van der Waals surface area contributed by atoms with Crippen molar-refractivity contribution in [2.45, 2.75) is 52.5 Å². The molecule has 0 atom stereocenters. The molecule has 0 radical (unpaired) electrons. The highest BCUT2D eigenvalue weighted by molar-refractivity contribution is 6.05. The van der Waals surface area contributed by atoms with Crippen LogP contribution in [0.5, 0.6) is 0 Å². The van der Waals surface area contributed by atoms with Gasteiger partial charge in [0.05, 0.1) is 22.8 Å². The Morgan fingerprint density at radius 3 is 2.33 bits per heavy atom. The number of hydrogen-bond donors (Lipinski definition) is 3. The van der Waals surface area contributed by atoms with E-state index in [1.807, 2.05) is 6.92 Å². The van der Waals surface area contributed by atoms with Gasteiger partial charge in [0.15, 0.2) is 5.65 Å². The highest BCUT2D eigenvalue weighted by Crippen LogP contribution is 2.22. The Kier molecular flexibility index (Phi) is 6.11. The Labute approximate surface area is 140 Å². The van der Waals surface area contributed by atoms with Gasteiger partial charge in [0, 0.05) is 19.7 Å². The number of hydrogen-bond acceptors (Lipinski definition) is 5. The van der Waals surface area contributed by atoms with Crippen LogP contribution in [0.25, 0.3) is 11.0 Å². The van der Waals surface area contributed by atoms with Crippen molar-refractivity contribution in [2.24, 2.45) is 0 Å². The molecular formula is C16H24N6O2. The largest absolute Gasteiger partial charge is 0.397 e. The Balaban J connectivity index is 0.000000355. The summed E-state index contributed by atoms with van der Waals surface area (Å²) in [4.78, 5) is 26.7. The van der Waals surface area contributed by atoms with Crippen LogP contribution in [-0.2, 0) is 11.3 Å². The number of amides is 2. The van der Waals surface area contributed by atoms with Crippen molar-refractivity contribution < 1.29 is 9.59 Å². The molecule has 1 aliphatic rings. The summed E-state index contributed by atoms with van der Waals surface area (Å²) in [6.45, 7) is 3.88. The third-order valence-electron chi connectivity index (χ3n) is 3.85. The predicted octanol–water partition coefficient (Wildman–Crippen LogP) is 1.76. The molecule has 0 aliphatic heterocycles. The number of carbonyl (C=O) groups excluding carboxylic acids is 2. The van der Waals surface area contributed by atoms with Crippen molar-refractivity contribution in [1.29, 1.82) is 0 Å². The Morgan fingerprint density at radius 1 is 1.17 bits per heavy atom. The maximum absolute atomic E-state index is 11.8. The molecule has 8 nitrogen and oxygen atoms in total. The zero-order chi connectivity index (χ0) is 17.5. The van der Waals surface area contributed by atoms with E-state index in [2.05, 4.69) is 20.9 Å². The smallest absolute Gasteiger partial charge is 0.273 e. The van der Waals surface area contributed by atoms with Crippen molar-refractivity contribution in [3.8, 4) is 0 Å². The van der Waals surface area contributed by atoms with Crippen molar-refractivity contribution >= 4 is 28.5 Å². The van der Waals surface area contributed by atoms with Gasteiger partial charge in [-0.25, -0.2) is 9.67 Å². The molecule has 0 spiro atoms. The molecule has 24 heavy (non-hydrogen) atoms. The Morgan fingerprint density at radius 2 is 1.79 bits per heavy atom. The van der Waals surface area contributed by atoms with E-state index in [1.165, 1.54) is 45.2 Å². The second-order valence-electron chi connectivity index (χ2n) is 5.69.